The van der Waals surface area contributed by atoms with Gasteiger partial charge >= 0.3 is 0 Å². The zero-order valence-corrected chi connectivity index (χ0v) is 23.8. The molecule has 2 amide bonds. The molecular formula is C30H32FN7O3S. The van der Waals surface area contributed by atoms with E-state index in [1.165, 1.54) is 23.8 Å². The van der Waals surface area contributed by atoms with Crippen LogP contribution in [0.5, 0.6) is 5.75 Å². The van der Waals surface area contributed by atoms with Crippen molar-refractivity contribution in [1.29, 1.82) is 0 Å². The topological polar surface area (TPSA) is 128 Å². The number of phenols is 1. The maximum atomic E-state index is 13.9. The molecule has 7 rings (SSSR count). The third-order valence-corrected chi connectivity index (χ3v) is 9.72. The summed E-state index contributed by atoms with van der Waals surface area (Å²) in [5, 5.41) is 20.8. The van der Waals surface area contributed by atoms with Crippen molar-refractivity contribution in [3.05, 3.63) is 65.0 Å². The average Bonchev–Trinajstić information content (AvgIpc) is 3.40. The van der Waals surface area contributed by atoms with Crippen molar-refractivity contribution in [3.8, 4) is 17.0 Å². The summed E-state index contributed by atoms with van der Waals surface area (Å²) in [6.45, 7) is 2.98. The fraction of sp³-hybridized carbons (Fsp3) is 0.400. The number of nitrogen functional groups attached to an aromatic ring is 1. The summed E-state index contributed by atoms with van der Waals surface area (Å²) in [4.78, 5) is 31.0. The SMILES string of the molecule is Nc1nnc(-c2cc(F)ccc2O)cc1N1CC2CCC(C1)N2Cc1ccc2c(c1)C(S)N(C1CCC(=O)NC1=O)C2. The molecule has 0 saturated carbocycles. The van der Waals surface area contributed by atoms with Gasteiger partial charge in [0.25, 0.3) is 0 Å². The van der Waals surface area contributed by atoms with Crippen molar-refractivity contribution in [2.75, 3.05) is 23.7 Å². The lowest BCUT2D eigenvalue weighted by Crippen LogP contribution is -2.53. The fourth-order valence-corrected chi connectivity index (χ4v) is 7.50. The Labute approximate surface area is 248 Å². The van der Waals surface area contributed by atoms with Gasteiger partial charge in [-0.2, -0.15) is 12.6 Å². The number of rotatable bonds is 5. The normalized spacial score (nSPS) is 26.0. The molecule has 12 heteroatoms. The van der Waals surface area contributed by atoms with Crippen LogP contribution in [0.3, 0.4) is 0 Å². The molecule has 4 aliphatic rings. The summed E-state index contributed by atoms with van der Waals surface area (Å²) >= 11 is 4.89. The standard InChI is InChI=1S/C30H32FN7O3S/c31-18-3-7-26(39)22(10-18)23-11-25(28(32)35-34-23)36-14-19-4-5-20(15-36)37(19)12-16-1-2-17-13-38(30(42)21(17)9-16)24-6-8-27(40)33-29(24)41/h1-3,7,9-11,19-20,24,30,39,42H,4-6,8,12-15H2,(H2,32,35)(H,33,40,41). The third-order valence-electron chi connectivity index (χ3n) is 9.14. The average molecular weight is 590 g/mol. The number of piperidine rings is 1. The van der Waals surface area contributed by atoms with Gasteiger partial charge in [0.15, 0.2) is 5.82 Å². The highest BCUT2D eigenvalue weighted by Gasteiger charge is 2.42. The Morgan fingerprint density at radius 2 is 1.83 bits per heavy atom. The predicted octanol–water partition coefficient (Wildman–Crippen LogP) is 2.97. The maximum absolute atomic E-state index is 13.9. The second-order valence-electron chi connectivity index (χ2n) is 11.7. The Balaban J connectivity index is 1.06. The number of halogens is 1. The molecule has 0 aliphatic carbocycles. The lowest BCUT2D eigenvalue weighted by molar-refractivity contribution is -0.137. The highest BCUT2D eigenvalue weighted by molar-refractivity contribution is 7.80. The number of nitrogens with one attached hydrogen (secondary N) is 1. The molecule has 42 heavy (non-hydrogen) atoms. The number of imide groups is 1. The van der Waals surface area contributed by atoms with Gasteiger partial charge in [0, 0.05) is 50.2 Å². The molecule has 218 valence electrons. The van der Waals surface area contributed by atoms with E-state index in [0.29, 0.717) is 43.0 Å². The van der Waals surface area contributed by atoms with E-state index in [-0.39, 0.29) is 34.5 Å². The fourth-order valence-electron chi connectivity index (χ4n) is 7.01. The van der Waals surface area contributed by atoms with Gasteiger partial charge in [-0.1, -0.05) is 18.2 Å². The van der Waals surface area contributed by atoms with Gasteiger partial charge in [-0.05, 0) is 60.2 Å². The number of carbonyl (C=O) groups is 2. The zero-order valence-electron chi connectivity index (χ0n) is 22.9. The number of nitrogens with zero attached hydrogens (tertiary/aromatic N) is 5. The number of thiol groups is 1. The predicted molar refractivity (Wildman–Crippen MR) is 158 cm³/mol. The van der Waals surface area contributed by atoms with Crippen molar-refractivity contribution >= 4 is 35.9 Å². The first-order valence-electron chi connectivity index (χ1n) is 14.3. The minimum absolute atomic E-state index is 0.0654. The number of amides is 2. The number of piperazine rings is 1. The molecule has 3 aromatic rings. The van der Waals surface area contributed by atoms with Crippen LogP contribution in [-0.2, 0) is 22.7 Å². The number of hydrogen-bond acceptors (Lipinski definition) is 10. The number of hydrogen-bond donors (Lipinski definition) is 4. The Bertz CT molecular complexity index is 1570. The zero-order chi connectivity index (χ0) is 29.1. The second-order valence-corrected chi connectivity index (χ2v) is 12.2. The van der Waals surface area contributed by atoms with Crippen LogP contribution in [0.25, 0.3) is 11.3 Å². The van der Waals surface area contributed by atoms with Crippen LogP contribution in [0.4, 0.5) is 15.9 Å². The number of nitrogens with two attached hydrogens (primary N) is 1. The number of fused-ring (bicyclic) bond motifs is 3. The third kappa shape index (κ3) is 4.77. The molecule has 2 aromatic carbocycles. The van der Waals surface area contributed by atoms with Gasteiger partial charge in [0.2, 0.25) is 11.8 Å². The van der Waals surface area contributed by atoms with E-state index in [0.717, 1.165) is 49.3 Å². The number of benzene rings is 2. The van der Waals surface area contributed by atoms with Crippen LogP contribution >= 0.6 is 12.6 Å². The van der Waals surface area contributed by atoms with E-state index >= 15 is 0 Å². The highest BCUT2D eigenvalue weighted by atomic mass is 32.1. The highest BCUT2D eigenvalue weighted by Crippen LogP contribution is 2.41. The summed E-state index contributed by atoms with van der Waals surface area (Å²) in [6, 6.07) is 12.4. The first kappa shape index (κ1) is 27.1. The van der Waals surface area contributed by atoms with Crippen LogP contribution in [0, 0.1) is 5.82 Å². The molecule has 3 saturated heterocycles. The van der Waals surface area contributed by atoms with Gasteiger partial charge in [-0.25, -0.2) is 4.39 Å². The van der Waals surface area contributed by atoms with Crippen molar-refractivity contribution in [2.24, 2.45) is 0 Å². The summed E-state index contributed by atoms with van der Waals surface area (Å²) < 4.78 is 13.9. The van der Waals surface area contributed by atoms with Gasteiger partial charge in [0.1, 0.15) is 11.6 Å². The lowest BCUT2D eigenvalue weighted by atomic mass is 10.0. The van der Waals surface area contributed by atoms with E-state index < -0.39 is 5.82 Å². The van der Waals surface area contributed by atoms with E-state index in [2.05, 4.69) is 48.4 Å². The Kier molecular flexibility index (Phi) is 6.79. The molecule has 10 nitrogen and oxygen atoms in total. The van der Waals surface area contributed by atoms with Crippen LogP contribution < -0.4 is 16.0 Å². The molecule has 0 spiro atoms. The smallest absolute Gasteiger partial charge is 0.243 e. The maximum Gasteiger partial charge on any atom is 0.243 e. The van der Waals surface area contributed by atoms with E-state index in [4.69, 9.17) is 18.4 Å². The molecule has 4 N–H and O–H groups in total. The van der Waals surface area contributed by atoms with E-state index in [1.54, 1.807) is 6.07 Å². The van der Waals surface area contributed by atoms with Crippen molar-refractivity contribution in [1.82, 2.24) is 25.3 Å². The quantitative estimate of drug-likeness (QED) is 0.262. The number of carbonyl (C=O) groups excluding carboxylic acids is 2. The van der Waals surface area contributed by atoms with Gasteiger partial charge in [-0.3, -0.25) is 24.7 Å². The molecule has 5 heterocycles. The van der Waals surface area contributed by atoms with E-state index in [1.807, 2.05) is 0 Å². The summed E-state index contributed by atoms with van der Waals surface area (Å²) in [5.41, 5.74) is 11.1. The van der Waals surface area contributed by atoms with Crippen molar-refractivity contribution in [3.63, 3.8) is 0 Å². The minimum Gasteiger partial charge on any atom is -0.507 e. The molecule has 4 aliphatic heterocycles. The van der Waals surface area contributed by atoms with Crippen LogP contribution in [0.2, 0.25) is 0 Å². The minimum atomic E-state index is -0.464. The molecule has 4 unspecified atom stereocenters. The Morgan fingerprint density at radius 1 is 1.05 bits per heavy atom. The van der Waals surface area contributed by atoms with Crippen molar-refractivity contribution < 1.29 is 19.1 Å². The molecule has 1 aromatic heterocycles. The first-order valence-corrected chi connectivity index (χ1v) is 14.8. The van der Waals surface area contributed by atoms with E-state index in [9.17, 15) is 19.1 Å². The first-order chi connectivity index (χ1) is 20.2. The lowest BCUT2D eigenvalue weighted by Gasteiger charge is -2.42. The van der Waals surface area contributed by atoms with Gasteiger partial charge in [-0.15, -0.1) is 10.2 Å². The van der Waals surface area contributed by atoms with Crippen LogP contribution in [-0.4, -0.2) is 68.1 Å². The van der Waals surface area contributed by atoms with Gasteiger partial charge in [0.05, 0.1) is 22.8 Å². The second kappa shape index (κ2) is 10.5. The Hall–Kier alpha value is -3.74. The molecule has 3 fully saturated rings. The monoisotopic (exact) mass is 589 g/mol. The molecular weight excluding hydrogens is 557 g/mol. The summed E-state index contributed by atoms with van der Waals surface area (Å²) in [7, 11) is 0. The van der Waals surface area contributed by atoms with Crippen molar-refractivity contribution in [2.45, 2.75) is 62.3 Å². The molecule has 4 atom stereocenters. The number of anilines is 2. The van der Waals surface area contributed by atoms with Crippen LogP contribution in [0.1, 0.15) is 47.7 Å². The molecule has 0 radical (unpaired) electrons. The number of phenolic OH excluding ortho intramolecular Hbond substituents is 1. The van der Waals surface area contributed by atoms with Gasteiger partial charge < -0.3 is 15.7 Å². The largest absolute Gasteiger partial charge is 0.507 e. The summed E-state index contributed by atoms with van der Waals surface area (Å²) in [5.74, 6) is -0.674. The van der Waals surface area contributed by atoms with Crippen LogP contribution in [0.15, 0.2) is 42.5 Å². The molecule has 2 bridgehead atoms. The summed E-state index contributed by atoms with van der Waals surface area (Å²) in [6.07, 6.45) is 3.00. The number of aromatic nitrogens is 2. The number of aromatic hydroxyl groups is 1. The Morgan fingerprint density at radius 3 is 2.60 bits per heavy atom.